The zero-order chi connectivity index (χ0) is 7.28. The van der Waals surface area contributed by atoms with E-state index in [0.717, 1.165) is 0 Å². The van der Waals surface area contributed by atoms with Gasteiger partial charge in [0.25, 0.3) is 0 Å². The van der Waals surface area contributed by atoms with Gasteiger partial charge < -0.3 is 4.74 Å². The highest BCUT2D eigenvalue weighted by molar-refractivity contribution is 5.78. The van der Waals surface area contributed by atoms with E-state index in [0.29, 0.717) is 12.5 Å². The van der Waals surface area contributed by atoms with Crippen LogP contribution in [0.2, 0.25) is 0 Å². The summed E-state index contributed by atoms with van der Waals surface area (Å²) < 4.78 is 4.76. The van der Waals surface area contributed by atoms with Gasteiger partial charge in [0.1, 0.15) is 0 Å². The van der Waals surface area contributed by atoms with Crippen molar-refractivity contribution in [2.24, 2.45) is 5.92 Å². The van der Waals surface area contributed by atoms with E-state index in [2.05, 4.69) is 0 Å². The lowest BCUT2D eigenvalue weighted by molar-refractivity contribution is -0.140. The second-order valence-corrected chi connectivity index (χ2v) is 2.31. The fraction of sp³-hybridized carbons (Fsp3) is 0.714. The van der Waals surface area contributed by atoms with Crippen molar-refractivity contribution >= 4 is 5.97 Å². The Labute approximate surface area is 56.2 Å². The highest BCUT2D eigenvalue weighted by Gasteiger charge is 1.99. The largest absolute Gasteiger partial charge is 0.465 e. The molecule has 0 saturated carbocycles. The molecule has 0 aromatic rings. The van der Waals surface area contributed by atoms with Crippen molar-refractivity contribution in [3.63, 3.8) is 0 Å². The van der Waals surface area contributed by atoms with Crippen LogP contribution < -0.4 is 0 Å². The Bertz CT molecular complexity index is 86.9. The molecule has 0 aromatic carbocycles. The first-order valence-electron chi connectivity index (χ1n) is 3.13. The van der Waals surface area contributed by atoms with E-state index in [1.165, 1.54) is 6.42 Å². The van der Waals surface area contributed by atoms with Crippen LogP contribution in [0, 0.1) is 12.3 Å². The molecule has 0 aliphatic carbocycles. The molecular formula is C7H13O2. The number of carbonyl (C=O) groups is 1. The van der Waals surface area contributed by atoms with E-state index < -0.39 is 0 Å². The molecule has 0 unspecified atom stereocenters. The zero-order valence-corrected chi connectivity index (χ0v) is 6.18. The predicted octanol–water partition coefficient (Wildman–Crippen LogP) is 1.41. The van der Waals surface area contributed by atoms with Crippen molar-refractivity contribution in [1.82, 2.24) is 0 Å². The smallest absolute Gasteiger partial charge is 0.309 e. The first kappa shape index (κ1) is 8.47. The average Bonchev–Trinajstić information content (AvgIpc) is 1.83. The van der Waals surface area contributed by atoms with Gasteiger partial charge in [0.15, 0.2) is 0 Å². The molecule has 0 amide bonds. The minimum atomic E-state index is -0.233. The van der Waals surface area contributed by atoms with Crippen LogP contribution in [-0.4, -0.2) is 12.6 Å². The van der Waals surface area contributed by atoms with Gasteiger partial charge in [-0.1, -0.05) is 20.8 Å². The lowest BCUT2D eigenvalue weighted by Gasteiger charge is -2.04. The van der Waals surface area contributed by atoms with Crippen LogP contribution in [0.25, 0.3) is 0 Å². The van der Waals surface area contributed by atoms with Gasteiger partial charge in [-0.3, -0.25) is 4.79 Å². The molecule has 0 aliphatic rings. The Morgan fingerprint density at radius 3 is 2.56 bits per heavy atom. The van der Waals surface area contributed by atoms with E-state index in [9.17, 15) is 4.79 Å². The summed E-state index contributed by atoms with van der Waals surface area (Å²) in [4.78, 5) is 10.4. The molecule has 0 aliphatic heterocycles. The summed E-state index contributed by atoms with van der Waals surface area (Å²) in [5.74, 6) is 0.192. The Balaban J connectivity index is 3.17. The summed E-state index contributed by atoms with van der Waals surface area (Å²) in [5.41, 5.74) is 0. The normalized spacial score (nSPS) is 9.78. The zero-order valence-electron chi connectivity index (χ0n) is 6.18. The van der Waals surface area contributed by atoms with Gasteiger partial charge in [0.05, 0.1) is 13.0 Å². The fourth-order valence-electron chi connectivity index (χ4n) is 0.332. The van der Waals surface area contributed by atoms with Gasteiger partial charge in [-0.05, 0) is 5.92 Å². The van der Waals surface area contributed by atoms with Crippen LogP contribution in [0.4, 0.5) is 0 Å². The second-order valence-electron chi connectivity index (χ2n) is 2.31. The van der Waals surface area contributed by atoms with Crippen molar-refractivity contribution in [2.45, 2.75) is 20.8 Å². The summed E-state index contributed by atoms with van der Waals surface area (Å²) in [6.45, 7) is 6.19. The van der Waals surface area contributed by atoms with E-state index in [1.54, 1.807) is 6.92 Å². The maximum atomic E-state index is 10.4. The molecule has 2 heteroatoms. The van der Waals surface area contributed by atoms with Gasteiger partial charge in [-0.25, -0.2) is 0 Å². The molecule has 0 N–H and O–H groups in total. The van der Waals surface area contributed by atoms with E-state index in [1.807, 2.05) is 13.8 Å². The standard InChI is InChI=1S/C7H13O2/c1-4-7(8)9-5-6(2)3/h4,6H,5H2,1-3H3. The summed E-state index contributed by atoms with van der Waals surface area (Å²) in [5, 5.41) is 0. The third-order valence-electron chi connectivity index (χ3n) is 0.795. The van der Waals surface area contributed by atoms with Crippen molar-refractivity contribution in [2.75, 3.05) is 6.61 Å². The van der Waals surface area contributed by atoms with Gasteiger partial charge in [-0.2, -0.15) is 0 Å². The Kier molecular flexibility index (Phi) is 4.10. The molecule has 2 nitrogen and oxygen atoms in total. The second kappa shape index (κ2) is 4.36. The van der Waals surface area contributed by atoms with Crippen molar-refractivity contribution in [1.29, 1.82) is 0 Å². The molecule has 0 heterocycles. The molecule has 1 radical (unpaired) electrons. The van der Waals surface area contributed by atoms with E-state index >= 15 is 0 Å². The molecule has 0 atom stereocenters. The van der Waals surface area contributed by atoms with Crippen molar-refractivity contribution in [3.05, 3.63) is 6.42 Å². The highest BCUT2D eigenvalue weighted by atomic mass is 16.5. The van der Waals surface area contributed by atoms with Crippen molar-refractivity contribution < 1.29 is 9.53 Å². The minimum absolute atomic E-state index is 0.233. The van der Waals surface area contributed by atoms with Crippen LogP contribution in [0.1, 0.15) is 20.8 Å². The Hall–Kier alpha value is -0.530. The molecule has 0 aromatic heterocycles. The van der Waals surface area contributed by atoms with Gasteiger partial charge in [0.2, 0.25) is 0 Å². The topological polar surface area (TPSA) is 26.3 Å². The number of carbonyl (C=O) groups excluding carboxylic acids is 1. The van der Waals surface area contributed by atoms with E-state index in [4.69, 9.17) is 4.74 Å². The molecule has 0 saturated heterocycles. The van der Waals surface area contributed by atoms with Crippen LogP contribution in [0.15, 0.2) is 0 Å². The lowest BCUT2D eigenvalue weighted by atomic mass is 10.2. The molecule has 53 valence electrons. The summed E-state index contributed by atoms with van der Waals surface area (Å²) in [6.07, 6.45) is 1.42. The summed E-state index contributed by atoms with van der Waals surface area (Å²) in [6, 6.07) is 0. The average molecular weight is 129 g/mol. The Morgan fingerprint density at radius 1 is 1.67 bits per heavy atom. The molecule has 9 heavy (non-hydrogen) atoms. The van der Waals surface area contributed by atoms with Crippen LogP contribution in [0.5, 0.6) is 0 Å². The Morgan fingerprint density at radius 2 is 2.22 bits per heavy atom. The monoisotopic (exact) mass is 129 g/mol. The van der Waals surface area contributed by atoms with Gasteiger partial charge >= 0.3 is 5.97 Å². The fourth-order valence-corrected chi connectivity index (χ4v) is 0.332. The van der Waals surface area contributed by atoms with Gasteiger partial charge in [-0.15, -0.1) is 0 Å². The maximum Gasteiger partial charge on any atom is 0.309 e. The molecule has 0 rings (SSSR count). The van der Waals surface area contributed by atoms with Gasteiger partial charge in [0, 0.05) is 0 Å². The third kappa shape index (κ3) is 5.34. The number of hydrogen-bond acceptors (Lipinski definition) is 2. The van der Waals surface area contributed by atoms with Crippen molar-refractivity contribution in [3.8, 4) is 0 Å². The lowest BCUT2D eigenvalue weighted by Crippen LogP contribution is -2.08. The predicted molar refractivity (Wildman–Crippen MR) is 35.8 cm³/mol. The summed E-state index contributed by atoms with van der Waals surface area (Å²) >= 11 is 0. The number of hydrogen-bond donors (Lipinski definition) is 0. The number of ether oxygens (including phenoxy) is 1. The summed E-state index contributed by atoms with van der Waals surface area (Å²) in [7, 11) is 0. The third-order valence-corrected chi connectivity index (χ3v) is 0.795. The first-order chi connectivity index (χ1) is 4.16. The molecule has 0 spiro atoms. The molecule has 0 fully saturated rings. The van der Waals surface area contributed by atoms with Crippen LogP contribution in [0.3, 0.4) is 0 Å². The van der Waals surface area contributed by atoms with Crippen LogP contribution >= 0.6 is 0 Å². The first-order valence-corrected chi connectivity index (χ1v) is 3.13. The minimum Gasteiger partial charge on any atom is -0.465 e. The number of esters is 1. The van der Waals surface area contributed by atoms with Crippen LogP contribution in [-0.2, 0) is 9.53 Å². The quantitative estimate of drug-likeness (QED) is 0.538. The maximum absolute atomic E-state index is 10.4. The number of rotatable bonds is 3. The molecule has 0 bridgehead atoms. The van der Waals surface area contributed by atoms with E-state index in [-0.39, 0.29) is 5.97 Å². The molecular weight excluding hydrogens is 116 g/mol. The highest BCUT2D eigenvalue weighted by Crippen LogP contribution is 1.93. The SMILES string of the molecule is C[CH]C(=O)OCC(C)C.